The van der Waals surface area contributed by atoms with Crippen LogP contribution in [0.4, 0.5) is 11.4 Å². The van der Waals surface area contributed by atoms with Gasteiger partial charge in [-0.05, 0) is 30.7 Å². The van der Waals surface area contributed by atoms with Crippen LogP contribution in [0.2, 0.25) is 0 Å². The molecule has 1 fully saturated rings. The zero-order valence-electron chi connectivity index (χ0n) is 16.5. The molecular formula is C22H28N4O2. The molecule has 2 N–H and O–H groups in total. The summed E-state index contributed by atoms with van der Waals surface area (Å²) in [6.07, 6.45) is 0. The molecule has 2 aromatic rings. The predicted octanol–water partition coefficient (Wildman–Crippen LogP) is 2.79. The number of rotatable bonds is 6. The standard InChI is InChI=1S/C22H28N4O2/c1-17(23-20-9-6-10-21(15-20)24-18(2)27)22(28)26-13-11-25(12-14-26)16-19-7-4-3-5-8-19/h3-10,15,17,23H,11-14,16H2,1-2H3,(H,24,27)/t17-/m0/s1. The van der Waals surface area contributed by atoms with E-state index in [1.807, 2.05) is 42.2 Å². The van der Waals surface area contributed by atoms with E-state index in [-0.39, 0.29) is 17.9 Å². The molecule has 3 rings (SSSR count). The fraction of sp³-hybridized carbons (Fsp3) is 0.364. The molecule has 0 unspecified atom stereocenters. The Morgan fingerprint density at radius 3 is 2.32 bits per heavy atom. The monoisotopic (exact) mass is 380 g/mol. The highest BCUT2D eigenvalue weighted by atomic mass is 16.2. The highest BCUT2D eigenvalue weighted by Crippen LogP contribution is 2.17. The summed E-state index contributed by atoms with van der Waals surface area (Å²) in [5.74, 6) is -0.0149. The van der Waals surface area contributed by atoms with E-state index >= 15 is 0 Å². The number of carbonyl (C=O) groups is 2. The fourth-order valence-corrected chi connectivity index (χ4v) is 3.44. The van der Waals surface area contributed by atoms with Crippen molar-refractivity contribution in [3.05, 3.63) is 60.2 Å². The number of anilines is 2. The number of nitrogens with zero attached hydrogens (tertiary/aromatic N) is 2. The van der Waals surface area contributed by atoms with Gasteiger partial charge in [0.25, 0.3) is 0 Å². The van der Waals surface area contributed by atoms with Crippen molar-refractivity contribution < 1.29 is 9.59 Å². The Labute approximate surface area is 166 Å². The van der Waals surface area contributed by atoms with Crippen LogP contribution in [0.15, 0.2) is 54.6 Å². The summed E-state index contributed by atoms with van der Waals surface area (Å²) in [7, 11) is 0. The van der Waals surface area contributed by atoms with Gasteiger partial charge in [0.15, 0.2) is 0 Å². The van der Waals surface area contributed by atoms with Crippen molar-refractivity contribution >= 4 is 23.2 Å². The summed E-state index contributed by atoms with van der Waals surface area (Å²) in [6, 6.07) is 17.5. The average Bonchev–Trinajstić information content (AvgIpc) is 2.68. The molecular weight excluding hydrogens is 352 g/mol. The molecule has 0 bridgehead atoms. The molecule has 0 aliphatic carbocycles. The van der Waals surface area contributed by atoms with Crippen LogP contribution in [-0.2, 0) is 16.1 Å². The molecule has 0 aromatic heterocycles. The molecule has 2 aromatic carbocycles. The Morgan fingerprint density at radius 1 is 0.964 bits per heavy atom. The minimum atomic E-state index is -0.326. The first-order chi connectivity index (χ1) is 13.5. The predicted molar refractivity (Wildman–Crippen MR) is 112 cm³/mol. The largest absolute Gasteiger partial charge is 0.374 e. The maximum atomic E-state index is 12.8. The Hall–Kier alpha value is -2.86. The smallest absolute Gasteiger partial charge is 0.244 e. The van der Waals surface area contributed by atoms with Gasteiger partial charge >= 0.3 is 0 Å². The van der Waals surface area contributed by atoms with Crippen LogP contribution in [0.25, 0.3) is 0 Å². The van der Waals surface area contributed by atoms with Gasteiger partial charge in [0.05, 0.1) is 0 Å². The lowest BCUT2D eigenvalue weighted by molar-refractivity contribution is -0.133. The van der Waals surface area contributed by atoms with Gasteiger partial charge in [-0.2, -0.15) is 0 Å². The van der Waals surface area contributed by atoms with Crippen LogP contribution >= 0.6 is 0 Å². The van der Waals surface area contributed by atoms with Crippen LogP contribution < -0.4 is 10.6 Å². The van der Waals surface area contributed by atoms with E-state index in [4.69, 9.17) is 0 Å². The molecule has 0 radical (unpaired) electrons. The number of benzene rings is 2. The van der Waals surface area contributed by atoms with Crippen molar-refractivity contribution in [1.29, 1.82) is 0 Å². The van der Waals surface area contributed by atoms with Crippen LogP contribution in [0.3, 0.4) is 0 Å². The molecule has 1 atom stereocenters. The fourth-order valence-electron chi connectivity index (χ4n) is 3.44. The van der Waals surface area contributed by atoms with Gasteiger partial charge in [-0.3, -0.25) is 14.5 Å². The van der Waals surface area contributed by atoms with Crippen molar-refractivity contribution in [2.24, 2.45) is 0 Å². The highest BCUT2D eigenvalue weighted by molar-refractivity contribution is 5.89. The second-order valence-corrected chi connectivity index (χ2v) is 7.22. The SMILES string of the molecule is CC(=O)Nc1cccc(N[C@@H](C)C(=O)N2CCN(Cc3ccccc3)CC2)c1. The van der Waals surface area contributed by atoms with Gasteiger partial charge in [0.1, 0.15) is 6.04 Å². The lowest BCUT2D eigenvalue weighted by Gasteiger charge is -2.36. The van der Waals surface area contributed by atoms with Gasteiger partial charge < -0.3 is 15.5 Å². The average molecular weight is 380 g/mol. The van der Waals surface area contributed by atoms with Gasteiger partial charge in [-0.1, -0.05) is 36.4 Å². The van der Waals surface area contributed by atoms with E-state index in [9.17, 15) is 9.59 Å². The molecule has 1 saturated heterocycles. The van der Waals surface area contributed by atoms with Crippen LogP contribution in [-0.4, -0.2) is 53.8 Å². The van der Waals surface area contributed by atoms with Crippen molar-refractivity contribution in [3.8, 4) is 0 Å². The Kier molecular flexibility index (Phi) is 6.66. The Bertz CT molecular complexity index is 801. The maximum Gasteiger partial charge on any atom is 0.244 e. The molecule has 148 valence electrons. The van der Waals surface area contributed by atoms with Crippen molar-refractivity contribution in [2.45, 2.75) is 26.4 Å². The first kappa shape index (κ1) is 19.9. The Morgan fingerprint density at radius 2 is 1.64 bits per heavy atom. The summed E-state index contributed by atoms with van der Waals surface area (Å²) in [4.78, 5) is 28.3. The first-order valence-electron chi connectivity index (χ1n) is 9.70. The van der Waals surface area contributed by atoms with Crippen LogP contribution in [0.1, 0.15) is 19.4 Å². The summed E-state index contributed by atoms with van der Waals surface area (Å²) in [5, 5.41) is 6.00. The number of carbonyl (C=O) groups excluding carboxylic acids is 2. The molecule has 0 saturated carbocycles. The van der Waals surface area contributed by atoms with E-state index in [1.165, 1.54) is 12.5 Å². The van der Waals surface area contributed by atoms with Gasteiger partial charge in [0, 0.05) is 51.0 Å². The molecule has 1 aliphatic rings. The van der Waals surface area contributed by atoms with Gasteiger partial charge in [0.2, 0.25) is 11.8 Å². The molecule has 28 heavy (non-hydrogen) atoms. The minimum absolute atomic E-state index is 0.101. The zero-order chi connectivity index (χ0) is 19.9. The number of piperazine rings is 1. The van der Waals surface area contributed by atoms with E-state index in [0.29, 0.717) is 5.69 Å². The minimum Gasteiger partial charge on any atom is -0.374 e. The highest BCUT2D eigenvalue weighted by Gasteiger charge is 2.24. The summed E-state index contributed by atoms with van der Waals surface area (Å²) >= 11 is 0. The number of amides is 2. The zero-order valence-corrected chi connectivity index (χ0v) is 16.5. The van der Waals surface area contributed by atoms with Crippen molar-refractivity contribution in [3.63, 3.8) is 0 Å². The number of hydrogen-bond donors (Lipinski definition) is 2. The number of hydrogen-bond acceptors (Lipinski definition) is 4. The third-order valence-electron chi connectivity index (χ3n) is 4.87. The third-order valence-corrected chi connectivity index (χ3v) is 4.87. The Balaban J connectivity index is 1.50. The van der Waals surface area contributed by atoms with Crippen molar-refractivity contribution in [2.75, 3.05) is 36.8 Å². The quantitative estimate of drug-likeness (QED) is 0.809. The maximum absolute atomic E-state index is 12.8. The van der Waals surface area contributed by atoms with Crippen molar-refractivity contribution in [1.82, 2.24) is 9.80 Å². The van der Waals surface area contributed by atoms with E-state index in [1.54, 1.807) is 0 Å². The van der Waals surface area contributed by atoms with E-state index < -0.39 is 0 Å². The molecule has 1 aliphatic heterocycles. The normalized spacial score (nSPS) is 15.7. The van der Waals surface area contributed by atoms with Crippen LogP contribution in [0.5, 0.6) is 0 Å². The second-order valence-electron chi connectivity index (χ2n) is 7.22. The molecule has 6 nitrogen and oxygen atoms in total. The molecule has 1 heterocycles. The topological polar surface area (TPSA) is 64.7 Å². The molecule has 6 heteroatoms. The number of nitrogens with one attached hydrogen (secondary N) is 2. The summed E-state index contributed by atoms with van der Waals surface area (Å²) in [6.45, 7) is 7.52. The lowest BCUT2D eigenvalue weighted by Crippen LogP contribution is -2.51. The first-order valence-corrected chi connectivity index (χ1v) is 9.70. The second kappa shape index (κ2) is 9.37. The van der Waals surface area contributed by atoms with Gasteiger partial charge in [-0.25, -0.2) is 0 Å². The van der Waals surface area contributed by atoms with Crippen LogP contribution in [0, 0.1) is 0 Å². The lowest BCUT2D eigenvalue weighted by atomic mass is 10.2. The molecule has 2 amide bonds. The third kappa shape index (κ3) is 5.57. The summed E-state index contributed by atoms with van der Waals surface area (Å²) in [5.41, 5.74) is 2.83. The molecule has 0 spiro atoms. The van der Waals surface area contributed by atoms with E-state index in [2.05, 4.69) is 39.8 Å². The van der Waals surface area contributed by atoms with E-state index in [0.717, 1.165) is 38.4 Å². The summed E-state index contributed by atoms with van der Waals surface area (Å²) < 4.78 is 0. The van der Waals surface area contributed by atoms with Gasteiger partial charge in [-0.15, -0.1) is 0 Å².